The van der Waals surface area contributed by atoms with Gasteiger partial charge in [-0.2, -0.15) is 13.9 Å². The summed E-state index contributed by atoms with van der Waals surface area (Å²) in [5.41, 5.74) is 2.34. The molecule has 0 unspecified atom stereocenters. The number of benzene rings is 1. The van der Waals surface area contributed by atoms with E-state index in [1.165, 1.54) is 24.3 Å². The average Bonchev–Trinajstić information content (AvgIpc) is 2.65. The molecule has 1 aromatic carbocycles. The monoisotopic (exact) mass is 295 g/mol. The topological polar surface area (TPSA) is 56.2 Å². The van der Waals surface area contributed by atoms with Crippen LogP contribution in [0.1, 0.15) is 21.7 Å². The number of aromatic nitrogens is 2. The molecule has 0 fully saturated rings. The lowest BCUT2D eigenvalue weighted by molar-refractivity contribution is -0.0498. The predicted molar refractivity (Wildman–Crippen MR) is 73.7 cm³/mol. The fraction of sp³-hybridized carbons (Fsp3) is 0.286. The molecule has 7 heteroatoms. The molecule has 21 heavy (non-hydrogen) atoms. The third-order valence-electron chi connectivity index (χ3n) is 3.07. The Morgan fingerprint density at radius 2 is 2.10 bits per heavy atom. The fourth-order valence-electron chi connectivity index (χ4n) is 1.95. The van der Waals surface area contributed by atoms with Crippen LogP contribution in [-0.2, 0) is 7.05 Å². The van der Waals surface area contributed by atoms with Gasteiger partial charge in [0.25, 0.3) is 5.91 Å². The van der Waals surface area contributed by atoms with E-state index in [4.69, 9.17) is 0 Å². The number of carbonyl (C=O) groups excluding carboxylic acids is 1. The van der Waals surface area contributed by atoms with Crippen LogP contribution in [0, 0.1) is 13.8 Å². The molecule has 0 atom stereocenters. The fourth-order valence-corrected chi connectivity index (χ4v) is 1.95. The number of alkyl halides is 2. The van der Waals surface area contributed by atoms with Gasteiger partial charge in [-0.1, -0.05) is 6.07 Å². The van der Waals surface area contributed by atoms with Gasteiger partial charge in [-0.3, -0.25) is 9.48 Å². The lowest BCUT2D eigenvalue weighted by Gasteiger charge is -2.08. The lowest BCUT2D eigenvalue weighted by atomic mass is 10.2. The smallest absolute Gasteiger partial charge is 0.387 e. The largest absolute Gasteiger partial charge is 0.435 e. The van der Waals surface area contributed by atoms with Crippen molar-refractivity contribution in [3.05, 3.63) is 41.2 Å². The summed E-state index contributed by atoms with van der Waals surface area (Å²) in [6.07, 6.45) is 0. The molecule has 0 aliphatic carbocycles. The molecule has 2 aromatic rings. The molecule has 0 radical (unpaired) electrons. The van der Waals surface area contributed by atoms with Gasteiger partial charge in [-0.15, -0.1) is 0 Å². The Hall–Kier alpha value is -2.44. The maximum atomic E-state index is 12.2. The predicted octanol–water partition coefficient (Wildman–Crippen LogP) is 2.89. The third-order valence-corrected chi connectivity index (χ3v) is 3.07. The first kappa shape index (κ1) is 15.0. The minimum Gasteiger partial charge on any atom is -0.435 e. The van der Waals surface area contributed by atoms with Crippen molar-refractivity contribution in [3.63, 3.8) is 0 Å². The van der Waals surface area contributed by atoms with E-state index in [0.717, 1.165) is 5.69 Å². The van der Waals surface area contributed by atoms with Crippen molar-refractivity contribution >= 4 is 11.6 Å². The van der Waals surface area contributed by atoms with E-state index in [-0.39, 0.29) is 11.3 Å². The van der Waals surface area contributed by atoms with Crippen molar-refractivity contribution in [2.24, 2.45) is 7.05 Å². The summed E-state index contributed by atoms with van der Waals surface area (Å²) in [5.74, 6) is -0.466. The van der Waals surface area contributed by atoms with Crippen LogP contribution in [0.2, 0.25) is 0 Å². The number of nitrogens with one attached hydrogen (secondary N) is 1. The molecule has 1 heterocycles. The molecule has 112 valence electrons. The molecule has 0 bridgehead atoms. The van der Waals surface area contributed by atoms with Crippen molar-refractivity contribution < 1.29 is 18.3 Å². The summed E-state index contributed by atoms with van der Waals surface area (Å²) in [6, 6.07) is 5.64. The number of carbonyl (C=O) groups is 1. The van der Waals surface area contributed by atoms with Crippen LogP contribution in [0.5, 0.6) is 5.75 Å². The standard InChI is InChI=1S/C14H15F2N3O2/c1-8-12(9(2)19(3)18-8)17-13(20)10-5-4-6-11(7-10)21-14(15)16/h4-7,14H,1-3H3,(H,17,20). The zero-order valence-electron chi connectivity index (χ0n) is 11.9. The van der Waals surface area contributed by atoms with Crippen LogP contribution in [0.25, 0.3) is 0 Å². The maximum absolute atomic E-state index is 12.2. The number of hydrogen-bond donors (Lipinski definition) is 1. The first-order chi connectivity index (χ1) is 9.88. The van der Waals surface area contributed by atoms with E-state index < -0.39 is 12.5 Å². The number of amides is 1. The van der Waals surface area contributed by atoms with E-state index in [1.807, 2.05) is 6.92 Å². The highest BCUT2D eigenvalue weighted by Crippen LogP contribution is 2.21. The van der Waals surface area contributed by atoms with Gasteiger partial charge >= 0.3 is 6.61 Å². The number of anilines is 1. The SMILES string of the molecule is Cc1nn(C)c(C)c1NC(=O)c1cccc(OC(F)F)c1. The molecule has 2 rings (SSSR count). The van der Waals surface area contributed by atoms with Gasteiger partial charge in [0, 0.05) is 12.6 Å². The van der Waals surface area contributed by atoms with Crippen LogP contribution in [0.4, 0.5) is 14.5 Å². The minimum absolute atomic E-state index is 0.0581. The highest BCUT2D eigenvalue weighted by Gasteiger charge is 2.14. The number of rotatable bonds is 4. The summed E-state index contributed by atoms with van der Waals surface area (Å²) in [7, 11) is 1.77. The van der Waals surface area contributed by atoms with E-state index in [1.54, 1.807) is 18.7 Å². The number of hydrogen-bond acceptors (Lipinski definition) is 3. The van der Waals surface area contributed by atoms with Gasteiger partial charge in [-0.05, 0) is 32.0 Å². The van der Waals surface area contributed by atoms with Gasteiger partial charge in [0.2, 0.25) is 0 Å². The molecule has 1 amide bonds. The molecule has 0 aliphatic rings. The maximum Gasteiger partial charge on any atom is 0.387 e. The number of halogens is 2. The first-order valence-corrected chi connectivity index (χ1v) is 6.25. The Labute approximate surface area is 120 Å². The van der Waals surface area contributed by atoms with E-state index >= 15 is 0 Å². The molecule has 0 saturated carbocycles. The third kappa shape index (κ3) is 3.36. The van der Waals surface area contributed by atoms with E-state index in [2.05, 4.69) is 15.2 Å². The van der Waals surface area contributed by atoms with Crippen molar-refractivity contribution in [3.8, 4) is 5.75 Å². The Morgan fingerprint density at radius 3 is 2.67 bits per heavy atom. The summed E-state index contributed by atoms with van der Waals surface area (Å²) in [4.78, 5) is 12.2. The molecule has 1 aromatic heterocycles. The Morgan fingerprint density at radius 1 is 1.38 bits per heavy atom. The van der Waals surface area contributed by atoms with E-state index in [0.29, 0.717) is 11.4 Å². The van der Waals surface area contributed by atoms with Gasteiger partial charge in [-0.25, -0.2) is 0 Å². The number of ether oxygens (including phenoxy) is 1. The average molecular weight is 295 g/mol. The number of nitrogens with zero attached hydrogens (tertiary/aromatic N) is 2. The van der Waals surface area contributed by atoms with Crippen molar-refractivity contribution in [2.75, 3.05) is 5.32 Å². The zero-order chi connectivity index (χ0) is 15.6. The highest BCUT2D eigenvalue weighted by atomic mass is 19.3. The van der Waals surface area contributed by atoms with Crippen LogP contribution < -0.4 is 10.1 Å². The van der Waals surface area contributed by atoms with Gasteiger partial charge in [0.1, 0.15) is 5.75 Å². The highest BCUT2D eigenvalue weighted by molar-refractivity contribution is 6.05. The van der Waals surface area contributed by atoms with Crippen molar-refractivity contribution in [2.45, 2.75) is 20.5 Å². The quantitative estimate of drug-likeness (QED) is 0.943. The molecule has 0 spiro atoms. The second-order valence-corrected chi connectivity index (χ2v) is 4.53. The van der Waals surface area contributed by atoms with Gasteiger partial charge < -0.3 is 10.1 Å². The molecule has 0 saturated heterocycles. The summed E-state index contributed by atoms with van der Waals surface area (Å²) < 4.78 is 30.3. The Balaban J connectivity index is 2.20. The summed E-state index contributed by atoms with van der Waals surface area (Å²) in [5, 5.41) is 6.92. The number of aryl methyl sites for hydroxylation is 2. The zero-order valence-corrected chi connectivity index (χ0v) is 11.9. The van der Waals surface area contributed by atoms with Crippen molar-refractivity contribution in [1.82, 2.24) is 9.78 Å². The van der Waals surface area contributed by atoms with Crippen LogP contribution >= 0.6 is 0 Å². The molecular weight excluding hydrogens is 280 g/mol. The molecule has 1 N–H and O–H groups in total. The van der Waals surface area contributed by atoms with Gasteiger partial charge in [0.15, 0.2) is 0 Å². The van der Waals surface area contributed by atoms with E-state index in [9.17, 15) is 13.6 Å². The minimum atomic E-state index is -2.92. The normalized spacial score (nSPS) is 10.8. The van der Waals surface area contributed by atoms with Crippen molar-refractivity contribution in [1.29, 1.82) is 0 Å². The second kappa shape index (κ2) is 5.90. The first-order valence-electron chi connectivity index (χ1n) is 6.25. The Kier molecular flexibility index (Phi) is 4.21. The molecule has 5 nitrogen and oxygen atoms in total. The Bertz CT molecular complexity index is 668. The van der Waals surface area contributed by atoms with Crippen LogP contribution in [0.3, 0.4) is 0 Å². The molecule has 0 aliphatic heterocycles. The van der Waals surface area contributed by atoms with Crippen LogP contribution in [-0.4, -0.2) is 22.3 Å². The molecular formula is C14H15F2N3O2. The summed E-state index contributed by atoms with van der Waals surface area (Å²) in [6.45, 7) is 0.677. The van der Waals surface area contributed by atoms with Crippen LogP contribution in [0.15, 0.2) is 24.3 Å². The second-order valence-electron chi connectivity index (χ2n) is 4.53. The summed E-state index contributed by atoms with van der Waals surface area (Å²) >= 11 is 0. The van der Waals surface area contributed by atoms with Gasteiger partial charge in [0.05, 0.1) is 17.1 Å². The lowest BCUT2D eigenvalue weighted by Crippen LogP contribution is -2.13.